The zero-order chi connectivity index (χ0) is 13.9. The second-order valence-corrected chi connectivity index (χ2v) is 6.48. The van der Waals surface area contributed by atoms with Gasteiger partial charge in [0.2, 0.25) is 0 Å². The number of rotatable bonds is 3. The summed E-state index contributed by atoms with van der Waals surface area (Å²) in [6, 6.07) is 4.20. The first kappa shape index (κ1) is 15.0. The summed E-state index contributed by atoms with van der Waals surface area (Å²) in [5.41, 5.74) is 0.214. The molecule has 1 aromatic rings. The van der Waals surface area contributed by atoms with Crippen molar-refractivity contribution in [2.75, 3.05) is 5.88 Å². The minimum atomic E-state index is -0.328. The maximum atomic E-state index is 13.1. The van der Waals surface area contributed by atoms with Crippen molar-refractivity contribution in [2.24, 2.45) is 0 Å². The van der Waals surface area contributed by atoms with Crippen molar-refractivity contribution in [2.45, 2.75) is 37.6 Å². The molecule has 1 N–H and O–H groups in total. The van der Waals surface area contributed by atoms with E-state index in [2.05, 4.69) is 5.32 Å². The summed E-state index contributed by atoms with van der Waals surface area (Å²) in [6.45, 7) is 0. The van der Waals surface area contributed by atoms with Gasteiger partial charge < -0.3 is 5.32 Å². The first-order valence-electron chi connectivity index (χ1n) is 6.40. The highest BCUT2D eigenvalue weighted by molar-refractivity contribution is 14.1. The molecule has 104 valence electrons. The molecule has 19 heavy (non-hydrogen) atoms. The first-order chi connectivity index (χ1) is 9.06. The summed E-state index contributed by atoms with van der Waals surface area (Å²) in [6.07, 6.45) is 5.21. The molecule has 1 aliphatic carbocycles. The molecule has 0 bridgehead atoms. The Balaban J connectivity index is 2.15. The van der Waals surface area contributed by atoms with Gasteiger partial charge in [-0.25, -0.2) is 4.39 Å². The van der Waals surface area contributed by atoms with Gasteiger partial charge in [-0.15, -0.1) is 11.6 Å². The number of hydrogen-bond donors (Lipinski definition) is 1. The maximum Gasteiger partial charge on any atom is 0.252 e. The number of alkyl halides is 1. The minimum absolute atomic E-state index is 0.160. The fourth-order valence-electron chi connectivity index (χ4n) is 2.50. The normalized spacial score (nSPS) is 18.1. The second kappa shape index (κ2) is 6.39. The van der Waals surface area contributed by atoms with Crippen molar-refractivity contribution in [3.63, 3.8) is 0 Å². The Morgan fingerprint density at radius 1 is 1.37 bits per heavy atom. The Morgan fingerprint density at radius 3 is 2.63 bits per heavy atom. The Hall–Kier alpha value is -0.360. The molecule has 1 fully saturated rings. The van der Waals surface area contributed by atoms with E-state index in [-0.39, 0.29) is 17.3 Å². The minimum Gasteiger partial charge on any atom is -0.345 e. The third kappa shape index (κ3) is 3.60. The number of hydrogen-bond acceptors (Lipinski definition) is 1. The molecule has 1 aliphatic rings. The Labute approximate surface area is 131 Å². The van der Waals surface area contributed by atoms with E-state index < -0.39 is 0 Å². The summed E-state index contributed by atoms with van der Waals surface area (Å²) in [4.78, 5) is 12.3. The summed E-state index contributed by atoms with van der Waals surface area (Å²) in [5.74, 6) is -0.0612. The lowest BCUT2D eigenvalue weighted by Gasteiger charge is -2.36. The van der Waals surface area contributed by atoms with Gasteiger partial charge in [-0.2, -0.15) is 0 Å². The molecule has 0 radical (unpaired) electrons. The largest absolute Gasteiger partial charge is 0.345 e. The van der Waals surface area contributed by atoms with E-state index in [4.69, 9.17) is 11.6 Å². The van der Waals surface area contributed by atoms with Crippen molar-refractivity contribution in [1.82, 2.24) is 5.32 Å². The number of carbonyl (C=O) groups excluding carboxylic acids is 1. The molecule has 2 nitrogen and oxygen atoms in total. The Kier molecular flexibility index (Phi) is 5.06. The van der Waals surface area contributed by atoms with Crippen molar-refractivity contribution in [1.29, 1.82) is 0 Å². The van der Waals surface area contributed by atoms with Gasteiger partial charge in [-0.05, 0) is 53.6 Å². The predicted molar refractivity (Wildman–Crippen MR) is 83.1 cm³/mol. The predicted octanol–water partition coefficient (Wildman–Crippen LogP) is 4.10. The summed E-state index contributed by atoms with van der Waals surface area (Å²) in [5, 5.41) is 3.06. The SMILES string of the molecule is O=C(NC1(CCl)CCCCC1)c1ccc(F)cc1I. The highest BCUT2D eigenvalue weighted by Crippen LogP contribution is 2.30. The van der Waals surface area contributed by atoms with Crippen LogP contribution >= 0.6 is 34.2 Å². The lowest BCUT2D eigenvalue weighted by atomic mass is 9.83. The number of carbonyl (C=O) groups is 1. The molecule has 0 heterocycles. The smallest absolute Gasteiger partial charge is 0.252 e. The molecule has 5 heteroatoms. The molecule has 0 aromatic heterocycles. The van der Waals surface area contributed by atoms with E-state index in [0.29, 0.717) is 15.0 Å². The quantitative estimate of drug-likeness (QED) is 0.606. The van der Waals surface area contributed by atoms with Crippen LogP contribution in [0.1, 0.15) is 42.5 Å². The van der Waals surface area contributed by atoms with Gasteiger partial charge >= 0.3 is 0 Å². The summed E-state index contributed by atoms with van der Waals surface area (Å²) in [7, 11) is 0. The highest BCUT2D eigenvalue weighted by atomic mass is 127. The summed E-state index contributed by atoms with van der Waals surface area (Å²) >= 11 is 8.04. The van der Waals surface area contributed by atoms with E-state index in [0.717, 1.165) is 25.7 Å². The molecule has 1 aromatic carbocycles. The van der Waals surface area contributed by atoms with Gasteiger partial charge in [0.25, 0.3) is 5.91 Å². The zero-order valence-electron chi connectivity index (χ0n) is 10.5. The van der Waals surface area contributed by atoms with E-state index in [1.807, 2.05) is 22.6 Å². The lowest BCUT2D eigenvalue weighted by molar-refractivity contribution is 0.0884. The van der Waals surface area contributed by atoms with Crippen LogP contribution in [-0.4, -0.2) is 17.3 Å². The molecule has 1 saturated carbocycles. The van der Waals surface area contributed by atoms with Crippen LogP contribution in [-0.2, 0) is 0 Å². The number of amides is 1. The lowest BCUT2D eigenvalue weighted by Crippen LogP contribution is -2.51. The van der Waals surface area contributed by atoms with Crippen molar-refractivity contribution in [3.05, 3.63) is 33.1 Å². The molecule has 0 saturated heterocycles. The maximum absolute atomic E-state index is 13.1. The van der Waals surface area contributed by atoms with Crippen LogP contribution in [0.4, 0.5) is 4.39 Å². The second-order valence-electron chi connectivity index (χ2n) is 5.05. The van der Waals surface area contributed by atoms with Crippen LogP contribution in [0, 0.1) is 9.39 Å². The number of benzene rings is 1. The van der Waals surface area contributed by atoms with Crippen molar-refractivity contribution >= 4 is 40.1 Å². The van der Waals surface area contributed by atoms with Gasteiger partial charge in [-0.1, -0.05) is 19.3 Å². The van der Waals surface area contributed by atoms with Crippen LogP contribution in [0.15, 0.2) is 18.2 Å². The van der Waals surface area contributed by atoms with Gasteiger partial charge in [0.05, 0.1) is 11.1 Å². The number of halogens is 3. The summed E-state index contributed by atoms with van der Waals surface area (Å²) < 4.78 is 13.7. The van der Waals surface area contributed by atoms with Crippen LogP contribution < -0.4 is 5.32 Å². The van der Waals surface area contributed by atoms with Crippen LogP contribution in [0.2, 0.25) is 0 Å². The average Bonchev–Trinajstić information content (AvgIpc) is 2.39. The monoisotopic (exact) mass is 395 g/mol. The molecular formula is C14H16ClFINO. The third-order valence-electron chi connectivity index (χ3n) is 3.62. The Morgan fingerprint density at radius 2 is 2.05 bits per heavy atom. The van der Waals surface area contributed by atoms with Gasteiger partial charge in [0.15, 0.2) is 0 Å². The van der Waals surface area contributed by atoms with E-state index >= 15 is 0 Å². The number of nitrogens with one attached hydrogen (secondary N) is 1. The fourth-order valence-corrected chi connectivity index (χ4v) is 3.56. The molecule has 1 amide bonds. The van der Waals surface area contributed by atoms with Gasteiger partial charge in [-0.3, -0.25) is 4.79 Å². The van der Waals surface area contributed by atoms with Gasteiger partial charge in [0.1, 0.15) is 5.82 Å². The molecule has 2 rings (SSSR count). The molecule has 0 spiro atoms. The Bertz CT molecular complexity index is 475. The molecule has 0 aliphatic heterocycles. The average molecular weight is 396 g/mol. The van der Waals surface area contributed by atoms with E-state index in [1.165, 1.54) is 24.6 Å². The standard InChI is InChI=1S/C14H16ClFINO/c15-9-14(6-2-1-3-7-14)18-13(19)11-5-4-10(16)8-12(11)17/h4-5,8H,1-3,6-7,9H2,(H,18,19). The van der Waals surface area contributed by atoms with Crippen LogP contribution in [0.5, 0.6) is 0 Å². The molecular weight excluding hydrogens is 380 g/mol. The van der Waals surface area contributed by atoms with E-state index in [9.17, 15) is 9.18 Å². The van der Waals surface area contributed by atoms with Crippen LogP contribution in [0.25, 0.3) is 0 Å². The zero-order valence-corrected chi connectivity index (χ0v) is 13.4. The van der Waals surface area contributed by atoms with Gasteiger partial charge in [0, 0.05) is 9.45 Å². The third-order valence-corrected chi connectivity index (χ3v) is 5.03. The molecule has 0 unspecified atom stereocenters. The van der Waals surface area contributed by atoms with E-state index in [1.54, 1.807) is 0 Å². The molecule has 0 atom stereocenters. The highest BCUT2D eigenvalue weighted by Gasteiger charge is 2.33. The van der Waals surface area contributed by atoms with Crippen LogP contribution in [0.3, 0.4) is 0 Å². The van der Waals surface area contributed by atoms with Crippen molar-refractivity contribution in [3.8, 4) is 0 Å². The first-order valence-corrected chi connectivity index (χ1v) is 8.01. The fraction of sp³-hybridized carbons (Fsp3) is 0.500. The van der Waals surface area contributed by atoms with Crippen molar-refractivity contribution < 1.29 is 9.18 Å². The topological polar surface area (TPSA) is 29.1 Å².